The molecule has 0 amide bonds. The smallest absolute Gasteiger partial charge is 0.305 e. The molecule has 3 nitrogen and oxygen atoms in total. The largest absolute Gasteiger partial charge is 0.481 e. The summed E-state index contributed by atoms with van der Waals surface area (Å²) in [7, 11) is 0. The number of halogens is 2. The summed E-state index contributed by atoms with van der Waals surface area (Å²) >= 11 is 0. The average molecular weight is 472 g/mol. The van der Waals surface area contributed by atoms with E-state index in [0.717, 1.165) is 11.1 Å². The molecule has 0 saturated carbocycles. The highest BCUT2D eigenvalue weighted by Gasteiger charge is 2.29. The van der Waals surface area contributed by atoms with Crippen LogP contribution in [0, 0.1) is 11.6 Å². The second-order valence-corrected chi connectivity index (χ2v) is 8.58. The second-order valence-electron chi connectivity index (χ2n) is 8.58. The van der Waals surface area contributed by atoms with Crippen LogP contribution >= 0.6 is 0 Å². The van der Waals surface area contributed by atoms with Crippen LogP contribution in [0.25, 0.3) is 11.1 Å². The Kier molecular flexibility index (Phi) is 7.68. The van der Waals surface area contributed by atoms with E-state index in [1.54, 1.807) is 18.2 Å². The van der Waals surface area contributed by atoms with Crippen LogP contribution < -0.4 is 0 Å². The van der Waals surface area contributed by atoms with Crippen LogP contribution in [0.4, 0.5) is 8.78 Å². The molecule has 5 heteroatoms. The van der Waals surface area contributed by atoms with Crippen LogP contribution in [0.15, 0.2) is 103 Å². The topological polar surface area (TPSA) is 40.5 Å². The first kappa shape index (κ1) is 24.3. The third-order valence-corrected chi connectivity index (χ3v) is 6.28. The summed E-state index contributed by atoms with van der Waals surface area (Å²) in [6.07, 6.45) is -0.160. The summed E-state index contributed by atoms with van der Waals surface area (Å²) in [6, 6.07) is 29.8. The number of benzene rings is 4. The molecular formula is C30H27F2NO2. The lowest BCUT2D eigenvalue weighted by atomic mass is 9.93. The molecule has 178 valence electrons. The number of carboxylic acids is 1. The summed E-state index contributed by atoms with van der Waals surface area (Å²) in [5.41, 5.74) is 3.04. The van der Waals surface area contributed by atoms with Gasteiger partial charge in [-0.1, -0.05) is 84.9 Å². The Hall–Kier alpha value is -3.83. The molecule has 0 spiro atoms. The van der Waals surface area contributed by atoms with Crippen molar-refractivity contribution in [1.82, 2.24) is 4.90 Å². The fourth-order valence-electron chi connectivity index (χ4n) is 4.50. The SMILES string of the molecule is C[C@H](c1ccccc1)N(Cc1ccccc1)[C@@H](CC(=O)O)c1cccc(-c2c(F)cccc2F)c1. The van der Waals surface area contributed by atoms with Gasteiger partial charge in [-0.05, 0) is 47.4 Å². The van der Waals surface area contributed by atoms with E-state index in [2.05, 4.69) is 4.90 Å². The summed E-state index contributed by atoms with van der Waals surface area (Å²) in [5, 5.41) is 9.84. The number of nitrogens with zero attached hydrogens (tertiary/aromatic N) is 1. The number of hydrogen-bond donors (Lipinski definition) is 1. The minimum atomic E-state index is -0.948. The van der Waals surface area contributed by atoms with Gasteiger partial charge in [0.2, 0.25) is 0 Å². The van der Waals surface area contributed by atoms with E-state index in [9.17, 15) is 18.7 Å². The van der Waals surface area contributed by atoms with Gasteiger partial charge in [0.05, 0.1) is 12.0 Å². The zero-order valence-electron chi connectivity index (χ0n) is 19.4. The molecule has 0 aromatic heterocycles. The van der Waals surface area contributed by atoms with E-state index in [-0.39, 0.29) is 18.0 Å². The maximum absolute atomic E-state index is 14.5. The van der Waals surface area contributed by atoms with Crippen molar-refractivity contribution in [3.63, 3.8) is 0 Å². The molecule has 4 aromatic rings. The lowest BCUT2D eigenvalue weighted by Gasteiger charge is -2.37. The normalized spacial score (nSPS) is 12.9. The summed E-state index contributed by atoms with van der Waals surface area (Å²) < 4.78 is 29.1. The van der Waals surface area contributed by atoms with Crippen LogP contribution in [-0.2, 0) is 11.3 Å². The first-order valence-corrected chi connectivity index (χ1v) is 11.5. The van der Waals surface area contributed by atoms with Crippen molar-refractivity contribution in [3.05, 3.63) is 131 Å². The number of carboxylic acid groups (broad SMARTS) is 1. The highest BCUT2D eigenvalue weighted by atomic mass is 19.1. The minimum Gasteiger partial charge on any atom is -0.481 e. The molecule has 0 unspecified atom stereocenters. The molecule has 0 aliphatic heterocycles. The molecule has 0 bridgehead atoms. The maximum atomic E-state index is 14.5. The molecule has 35 heavy (non-hydrogen) atoms. The zero-order valence-corrected chi connectivity index (χ0v) is 19.4. The molecule has 4 aromatic carbocycles. The van der Waals surface area contributed by atoms with Gasteiger partial charge in [0.15, 0.2) is 0 Å². The van der Waals surface area contributed by atoms with Crippen molar-refractivity contribution in [3.8, 4) is 11.1 Å². The van der Waals surface area contributed by atoms with Crippen molar-refractivity contribution in [1.29, 1.82) is 0 Å². The Balaban J connectivity index is 1.81. The molecule has 0 fully saturated rings. The van der Waals surface area contributed by atoms with E-state index in [0.29, 0.717) is 17.7 Å². The van der Waals surface area contributed by atoms with Crippen molar-refractivity contribution < 1.29 is 18.7 Å². The monoisotopic (exact) mass is 471 g/mol. The fraction of sp³-hybridized carbons (Fsp3) is 0.167. The molecule has 0 aliphatic carbocycles. The molecule has 4 rings (SSSR count). The van der Waals surface area contributed by atoms with E-state index < -0.39 is 23.6 Å². The van der Waals surface area contributed by atoms with Gasteiger partial charge in [0.25, 0.3) is 0 Å². The van der Waals surface area contributed by atoms with Crippen molar-refractivity contribution in [2.24, 2.45) is 0 Å². The highest BCUT2D eigenvalue weighted by Crippen LogP contribution is 2.37. The summed E-state index contributed by atoms with van der Waals surface area (Å²) in [4.78, 5) is 14.2. The minimum absolute atomic E-state index is 0.116. The van der Waals surface area contributed by atoms with Crippen LogP contribution in [0.1, 0.15) is 42.1 Å². The summed E-state index contributed by atoms with van der Waals surface area (Å²) in [6.45, 7) is 2.56. The second kappa shape index (κ2) is 11.1. The first-order chi connectivity index (χ1) is 16.9. The Labute approximate surface area is 204 Å². The predicted octanol–water partition coefficient (Wildman–Crippen LogP) is 7.41. The number of hydrogen-bond acceptors (Lipinski definition) is 2. The van der Waals surface area contributed by atoms with E-state index in [1.165, 1.54) is 18.2 Å². The van der Waals surface area contributed by atoms with Gasteiger partial charge >= 0.3 is 5.97 Å². The van der Waals surface area contributed by atoms with Crippen LogP contribution in [0.3, 0.4) is 0 Å². The van der Waals surface area contributed by atoms with Crippen molar-refractivity contribution in [2.45, 2.75) is 32.0 Å². The molecule has 0 heterocycles. The molecule has 2 atom stereocenters. The molecule has 0 aliphatic rings. The van der Waals surface area contributed by atoms with Gasteiger partial charge in [-0.2, -0.15) is 0 Å². The Bertz CT molecular complexity index is 1260. The Morgan fingerprint density at radius 1 is 0.800 bits per heavy atom. The fourth-order valence-corrected chi connectivity index (χ4v) is 4.50. The van der Waals surface area contributed by atoms with E-state index >= 15 is 0 Å². The number of rotatable bonds is 9. The van der Waals surface area contributed by atoms with Gasteiger partial charge in [0.1, 0.15) is 11.6 Å². The molecular weight excluding hydrogens is 444 g/mol. The van der Waals surface area contributed by atoms with Crippen molar-refractivity contribution >= 4 is 5.97 Å². The number of aliphatic carboxylic acids is 1. The standard InChI is InChI=1S/C30H27F2NO2/c1-21(23-12-6-3-7-13-23)33(20-22-10-4-2-5-11-22)28(19-29(34)35)24-14-8-15-25(18-24)30-26(31)16-9-17-27(30)32/h2-18,21,28H,19-20H2,1H3,(H,34,35)/t21-,28+/m1/s1. The summed E-state index contributed by atoms with van der Waals surface area (Å²) in [5.74, 6) is -2.26. The molecule has 0 radical (unpaired) electrons. The van der Waals surface area contributed by atoms with E-state index in [4.69, 9.17) is 0 Å². The number of carbonyl (C=O) groups is 1. The van der Waals surface area contributed by atoms with Gasteiger partial charge in [-0.25, -0.2) is 8.78 Å². The van der Waals surface area contributed by atoms with Crippen LogP contribution in [-0.4, -0.2) is 16.0 Å². The lowest BCUT2D eigenvalue weighted by Crippen LogP contribution is -2.32. The van der Waals surface area contributed by atoms with Gasteiger partial charge in [-0.15, -0.1) is 0 Å². The van der Waals surface area contributed by atoms with Gasteiger partial charge in [-0.3, -0.25) is 9.69 Å². The van der Waals surface area contributed by atoms with Crippen molar-refractivity contribution in [2.75, 3.05) is 0 Å². The quantitative estimate of drug-likeness (QED) is 0.276. The zero-order chi connectivity index (χ0) is 24.8. The third-order valence-electron chi connectivity index (χ3n) is 6.28. The van der Waals surface area contributed by atoms with Gasteiger partial charge in [0, 0.05) is 18.6 Å². The Morgan fingerprint density at radius 2 is 1.37 bits per heavy atom. The first-order valence-electron chi connectivity index (χ1n) is 11.5. The van der Waals surface area contributed by atoms with Gasteiger partial charge < -0.3 is 5.11 Å². The predicted molar refractivity (Wildman–Crippen MR) is 134 cm³/mol. The van der Waals surface area contributed by atoms with Crippen LogP contribution in [0.5, 0.6) is 0 Å². The highest BCUT2D eigenvalue weighted by molar-refractivity contribution is 5.69. The Morgan fingerprint density at radius 3 is 2.00 bits per heavy atom. The van der Waals surface area contributed by atoms with Crippen LogP contribution in [0.2, 0.25) is 0 Å². The third kappa shape index (κ3) is 5.81. The average Bonchev–Trinajstić information content (AvgIpc) is 2.87. The molecule has 0 saturated heterocycles. The lowest BCUT2D eigenvalue weighted by molar-refractivity contribution is -0.138. The van der Waals surface area contributed by atoms with E-state index in [1.807, 2.05) is 73.7 Å². The molecule has 1 N–H and O–H groups in total. The maximum Gasteiger partial charge on any atom is 0.305 e.